The lowest BCUT2D eigenvalue weighted by Crippen LogP contribution is -2.11. The average molecular weight is 223 g/mol. The van der Waals surface area contributed by atoms with Gasteiger partial charge in [0, 0.05) is 15.8 Å². The summed E-state index contributed by atoms with van der Waals surface area (Å²) in [6, 6.07) is 0. The number of aliphatic hydroxyl groups excluding tert-OH is 1. The van der Waals surface area contributed by atoms with E-state index in [2.05, 4.69) is 0 Å². The summed E-state index contributed by atoms with van der Waals surface area (Å²) in [5.41, 5.74) is 6.37. The predicted octanol–water partition coefficient (Wildman–Crippen LogP) is 2.63. The minimum atomic E-state index is -0.473. The fraction of sp³-hybridized carbons (Fsp3) is 0.182. The molecule has 0 fully saturated rings. The van der Waals surface area contributed by atoms with Crippen molar-refractivity contribution in [3.05, 3.63) is 39.3 Å². The molecular weight excluding hydrogens is 210 g/mol. The van der Waals surface area contributed by atoms with Crippen molar-refractivity contribution in [2.24, 2.45) is 5.73 Å². The van der Waals surface area contributed by atoms with Gasteiger partial charge in [-0.05, 0) is 26.0 Å². The molecule has 0 bridgehead atoms. The van der Waals surface area contributed by atoms with E-state index in [0.717, 1.165) is 4.88 Å². The van der Waals surface area contributed by atoms with Gasteiger partial charge < -0.3 is 10.8 Å². The molecule has 15 heavy (non-hydrogen) atoms. The maximum atomic E-state index is 11.1. The monoisotopic (exact) mass is 223 g/mol. The third-order valence-corrected chi connectivity index (χ3v) is 2.85. The van der Waals surface area contributed by atoms with Crippen molar-refractivity contribution < 1.29 is 9.90 Å². The lowest BCUT2D eigenvalue weighted by atomic mass is 10.1. The van der Waals surface area contributed by atoms with Crippen LogP contribution in [0, 0.1) is 6.92 Å². The van der Waals surface area contributed by atoms with E-state index in [1.165, 1.54) is 11.3 Å². The molecule has 0 atom stereocenters. The van der Waals surface area contributed by atoms with Crippen molar-refractivity contribution in [2.45, 2.75) is 13.8 Å². The number of thiophene rings is 1. The molecule has 3 nitrogen and oxygen atoms in total. The van der Waals surface area contributed by atoms with Gasteiger partial charge >= 0.3 is 0 Å². The van der Waals surface area contributed by atoms with Crippen LogP contribution in [0.25, 0.3) is 6.08 Å². The summed E-state index contributed by atoms with van der Waals surface area (Å²) in [5, 5.41) is 11.2. The summed E-state index contributed by atoms with van der Waals surface area (Å²) in [4.78, 5) is 12.0. The van der Waals surface area contributed by atoms with Gasteiger partial charge in [0.05, 0.1) is 5.56 Å². The minimum absolute atomic E-state index is 0.113. The second-order valence-corrected chi connectivity index (χ2v) is 4.14. The first kappa shape index (κ1) is 11.5. The van der Waals surface area contributed by atoms with Gasteiger partial charge in [0.1, 0.15) is 5.76 Å². The molecule has 0 aliphatic heterocycles. The highest BCUT2D eigenvalue weighted by atomic mass is 32.1. The maximum absolute atomic E-state index is 11.1. The molecule has 3 N–H and O–H groups in total. The number of hydrogen-bond acceptors (Lipinski definition) is 3. The second kappa shape index (κ2) is 4.79. The highest BCUT2D eigenvalue weighted by Crippen LogP contribution is 2.23. The zero-order valence-electron chi connectivity index (χ0n) is 8.65. The van der Waals surface area contributed by atoms with Crippen molar-refractivity contribution in [1.29, 1.82) is 0 Å². The molecule has 0 spiro atoms. The Morgan fingerprint density at radius 1 is 1.60 bits per heavy atom. The first-order chi connectivity index (χ1) is 7.06. The summed E-state index contributed by atoms with van der Waals surface area (Å²) in [6.45, 7) is 3.69. The van der Waals surface area contributed by atoms with Crippen LogP contribution in [-0.4, -0.2) is 11.0 Å². The molecule has 0 aliphatic rings. The fourth-order valence-corrected chi connectivity index (χ4v) is 2.03. The van der Waals surface area contributed by atoms with Crippen LogP contribution in [0.3, 0.4) is 0 Å². The van der Waals surface area contributed by atoms with Crippen LogP contribution in [0.4, 0.5) is 0 Å². The molecule has 1 aromatic rings. The Hall–Kier alpha value is -1.55. The molecule has 80 valence electrons. The summed E-state index contributed by atoms with van der Waals surface area (Å²) in [6.07, 6.45) is 4.82. The zero-order valence-corrected chi connectivity index (χ0v) is 9.47. The normalized spacial score (nSPS) is 12.3. The Labute approximate surface area is 92.5 Å². The van der Waals surface area contributed by atoms with Crippen LogP contribution in [0.15, 0.2) is 23.3 Å². The smallest absolute Gasteiger partial charge is 0.250 e. The van der Waals surface area contributed by atoms with Crippen molar-refractivity contribution in [3.8, 4) is 0 Å². The number of amides is 1. The van der Waals surface area contributed by atoms with Crippen molar-refractivity contribution in [3.63, 3.8) is 0 Å². The largest absolute Gasteiger partial charge is 0.508 e. The standard InChI is InChI=1S/C11H13NO2S/c1-3-4-8(13)5-9-7(2)15-6-10(9)11(12)14/h3-6,13H,1-2H3,(H2,12,14)/b4-3-,8-5+. The predicted molar refractivity (Wildman–Crippen MR) is 63.0 cm³/mol. The lowest BCUT2D eigenvalue weighted by molar-refractivity contribution is 0.100. The third-order valence-electron chi connectivity index (χ3n) is 1.92. The molecule has 0 aromatic carbocycles. The first-order valence-electron chi connectivity index (χ1n) is 4.47. The Morgan fingerprint density at radius 3 is 2.80 bits per heavy atom. The number of carbonyl (C=O) groups excluding carboxylic acids is 1. The molecule has 1 heterocycles. The number of nitrogens with two attached hydrogens (primary N) is 1. The SMILES string of the molecule is C/C=C\C(O)=C/c1c(C(N)=O)csc1C. The van der Waals surface area contributed by atoms with E-state index in [1.54, 1.807) is 30.5 Å². The number of carbonyl (C=O) groups is 1. The summed E-state index contributed by atoms with van der Waals surface area (Å²) < 4.78 is 0. The van der Waals surface area contributed by atoms with Gasteiger partial charge in [-0.1, -0.05) is 6.08 Å². The topological polar surface area (TPSA) is 63.3 Å². The molecule has 0 aliphatic carbocycles. The fourth-order valence-electron chi connectivity index (χ4n) is 1.20. The van der Waals surface area contributed by atoms with E-state index in [-0.39, 0.29) is 5.76 Å². The van der Waals surface area contributed by atoms with Crippen molar-refractivity contribution >= 4 is 23.3 Å². The zero-order chi connectivity index (χ0) is 11.4. The third kappa shape index (κ3) is 2.70. The van der Waals surface area contributed by atoms with Crippen LogP contribution in [-0.2, 0) is 0 Å². The number of aliphatic hydroxyl groups is 1. The molecule has 0 saturated heterocycles. The van der Waals surface area contributed by atoms with E-state index < -0.39 is 5.91 Å². The molecule has 1 amide bonds. The van der Waals surface area contributed by atoms with Crippen molar-refractivity contribution in [1.82, 2.24) is 0 Å². The van der Waals surface area contributed by atoms with Crippen LogP contribution < -0.4 is 5.73 Å². The Morgan fingerprint density at radius 2 is 2.27 bits per heavy atom. The van der Waals surface area contributed by atoms with Gasteiger partial charge in [-0.25, -0.2) is 0 Å². The lowest BCUT2D eigenvalue weighted by Gasteiger charge is -1.97. The van der Waals surface area contributed by atoms with E-state index in [1.807, 2.05) is 6.92 Å². The quantitative estimate of drug-likeness (QED) is 0.611. The molecule has 0 radical (unpaired) electrons. The second-order valence-electron chi connectivity index (χ2n) is 3.05. The van der Waals surface area contributed by atoms with E-state index >= 15 is 0 Å². The van der Waals surface area contributed by atoms with E-state index in [9.17, 15) is 9.90 Å². The molecule has 1 aromatic heterocycles. The number of hydrogen-bond donors (Lipinski definition) is 2. The number of primary amides is 1. The van der Waals surface area contributed by atoms with E-state index in [0.29, 0.717) is 11.1 Å². The van der Waals surface area contributed by atoms with Gasteiger partial charge in [-0.3, -0.25) is 4.79 Å². The molecule has 0 saturated carbocycles. The van der Waals surface area contributed by atoms with Crippen LogP contribution >= 0.6 is 11.3 Å². The highest BCUT2D eigenvalue weighted by molar-refractivity contribution is 7.10. The van der Waals surface area contributed by atoms with Crippen LogP contribution in [0.1, 0.15) is 27.7 Å². The molecule has 0 unspecified atom stereocenters. The van der Waals surface area contributed by atoms with E-state index in [4.69, 9.17) is 5.73 Å². The molecule has 1 rings (SSSR count). The van der Waals surface area contributed by atoms with Gasteiger partial charge in [-0.15, -0.1) is 11.3 Å². The van der Waals surface area contributed by atoms with Gasteiger partial charge in [0.25, 0.3) is 0 Å². The minimum Gasteiger partial charge on any atom is -0.508 e. The Balaban J connectivity index is 3.18. The number of rotatable bonds is 3. The number of aryl methyl sites for hydroxylation is 1. The van der Waals surface area contributed by atoms with Gasteiger partial charge in [0.2, 0.25) is 5.91 Å². The summed E-state index contributed by atoms with van der Waals surface area (Å²) in [5.74, 6) is -0.361. The summed E-state index contributed by atoms with van der Waals surface area (Å²) >= 11 is 1.44. The van der Waals surface area contributed by atoms with Crippen LogP contribution in [0.5, 0.6) is 0 Å². The molecule has 4 heteroatoms. The van der Waals surface area contributed by atoms with Gasteiger partial charge in [0.15, 0.2) is 0 Å². The molecular formula is C11H13NO2S. The highest BCUT2D eigenvalue weighted by Gasteiger charge is 2.11. The Kier molecular flexibility index (Phi) is 3.68. The summed E-state index contributed by atoms with van der Waals surface area (Å²) in [7, 11) is 0. The van der Waals surface area contributed by atoms with Crippen LogP contribution in [0.2, 0.25) is 0 Å². The number of allylic oxidation sites excluding steroid dienone is 2. The average Bonchev–Trinajstić information content (AvgIpc) is 2.48. The van der Waals surface area contributed by atoms with Gasteiger partial charge in [-0.2, -0.15) is 0 Å². The first-order valence-corrected chi connectivity index (χ1v) is 5.35. The maximum Gasteiger partial charge on any atom is 0.250 e. The Bertz CT molecular complexity index is 430. The van der Waals surface area contributed by atoms with Crippen molar-refractivity contribution in [2.75, 3.05) is 0 Å².